The van der Waals surface area contributed by atoms with Crippen molar-refractivity contribution in [2.45, 2.75) is 36.8 Å². The molecule has 1 aliphatic rings. The Morgan fingerprint density at radius 3 is 1.71 bits per heavy atom. The number of phenolic OH excluding ortho intramolecular Hbond substituents is 2. The van der Waals surface area contributed by atoms with Crippen LogP contribution >= 0.6 is 0 Å². The summed E-state index contributed by atoms with van der Waals surface area (Å²) < 4.78 is 10.5. The molecule has 10 heteroatoms. The molecule has 184 valence electrons. The standard InChI is InChI=1S/C25H24O10/c26-17-7-1-15(2-8-17)5-11-21(29)34-20-14-25(33,24(31)32)13-19(28)23(20)35-22(30)12-6-16-3-9-18(27)10-4-16/h1-12,19-20,23,26-28,33H,13-14H2,(H,31,32). The first-order chi connectivity index (χ1) is 16.6. The minimum Gasteiger partial charge on any atom is -0.508 e. The summed E-state index contributed by atoms with van der Waals surface area (Å²) in [5.41, 5.74) is -1.25. The van der Waals surface area contributed by atoms with Gasteiger partial charge >= 0.3 is 17.9 Å². The monoisotopic (exact) mass is 484 g/mol. The van der Waals surface area contributed by atoms with Crippen molar-refractivity contribution in [1.82, 2.24) is 0 Å². The molecule has 0 spiro atoms. The van der Waals surface area contributed by atoms with E-state index in [1.807, 2.05) is 0 Å². The number of aliphatic hydroxyl groups excluding tert-OH is 1. The zero-order valence-corrected chi connectivity index (χ0v) is 18.4. The number of rotatable bonds is 7. The van der Waals surface area contributed by atoms with Crippen LogP contribution in [0.5, 0.6) is 11.5 Å². The van der Waals surface area contributed by atoms with Gasteiger partial charge in [0.1, 0.15) is 17.6 Å². The molecule has 10 nitrogen and oxygen atoms in total. The lowest BCUT2D eigenvalue weighted by Gasteiger charge is -2.40. The predicted molar refractivity (Wildman–Crippen MR) is 122 cm³/mol. The lowest BCUT2D eigenvalue weighted by Crippen LogP contribution is -2.58. The summed E-state index contributed by atoms with van der Waals surface area (Å²) in [5.74, 6) is -3.36. The highest BCUT2D eigenvalue weighted by atomic mass is 16.6. The van der Waals surface area contributed by atoms with Gasteiger partial charge in [0.05, 0.1) is 6.10 Å². The van der Waals surface area contributed by atoms with Gasteiger partial charge in [0, 0.05) is 25.0 Å². The molecule has 0 heterocycles. The molecule has 0 aromatic heterocycles. The summed E-state index contributed by atoms with van der Waals surface area (Å²) in [6, 6.07) is 11.8. The molecule has 1 aliphatic carbocycles. The molecule has 1 saturated carbocycles. The average molecular weight is 484 g/mol. The van der Waals surface area contributed by atoms with E-state index in [-0.39, 0.29) is 11.5 Å². The second-order valence-corrected chi connectivity index (χ2v) is 8.04. The van der Waals surface area contributed by atoms with Crippen LogP contribution < -0.4 is 0 Å². The number of esters is 2. The molecule has 1 fully saturated rings. The van der Waals surface area contributed by atoms with Crippen molar-refractivity contribution in [3.63, 3.8) is 0 Å². The van der Waals surface area contributed by atoms with Crippen LogP contribution in [0.2, 0.25) is 0 Å². The van der Waals surface area contributed by atoms with Gasteiger partial charge in [-0.25, -0.2) is 14.4 Å². The number of carbonyl (C=O) groups excluding carboxylic acids is 2. The maximum Gasteiger partial charge on any atom is 0.335 e. The lowest BCUT2D eigenvalue weighted by molar-refractivity contribution is -0.204. The Balaban J connectivity index is 1.73. The van der Waals surface area contributed by atoms with Crippen LogP contribution in [-0.4, -0.2) is 67.4 Å². The fourth-order valence-electron chi connectivity index (χ4n) is 3.54. The first-order valence-corrected chi connectivity index (χ1v) is 10.5. The van der Waals surface area contributed by atoms with Gasteiger partial charge in [0.25, 0.3) is 0 Å². The van der Waals surface area contributed by atoms with E-state index in [0.29, 0.717) is 11.1 Å². The molecule has 0 bridgehead atoms. The summed E-state index contributed by atoms with van der Waals surface area (Å²) in [5, 5.41) is 48.8. The van der Waals surface area contributed by atoms with Gasteiger partial charge in [-0.2, -0.15) is 0 Å². The lowest BCUT2D eigenvalue weighted by atomic mass is 9.79. The predicted octanol–water partition coefficient (Wildman–Crippen LogP) is 1.62. The van der Waals surface area contributed by atoms with Crippen molar-refractivity contribution in [2.75, 3.05) is 0 Å². The SMILES string of the molecule is O=C(C=Cc1ccc(O)cc1)OC1CC(O)(C(=O)O)CC(O)C1OC(=O)C=Cc1ccc(O)cc1. The number of hydrogen-bond donors (Lipinski definition) is 5. The van der Waals surface area contributed by atoms with Gasteiger partial charge < -0.3 is 35.0 Å². The van der Waals surface area contributed by atoms with E-state index < -0.39 is 54.7 Å². The number of carboxylic acid groups (broad SMARTS) is 1. The number of carboxylic acids is 1. The van der Waals surface area contributed by atoms with Crippen molar-refractivity contribution in [3.8, 4) is 11.5 Å². The number of carbonyl (C=O) groups is 3. The fraction of sp³-hybridized carbons (Fsp3) is 0.240. The Morgan fingerprint density at radius 2 is 1.26 bits per heavy atom. The maximum atomic E-state index is 12.4. The van der Waals surface area contributed by atoms with E-state index in [1.165, 1.54) is 48.6 Å². The second kappa shape index (κ2) is 10.9. The summed E-state index contributed by atoms with van der Waals surface area (Å²) in [6.45, 7) is 0. The van der Waals surface area contributed by atoms with E-state index in [0.717, 1.165) is 12.2 Å². The van der Waals surface area contributed by atoms with E-state index in [2.05, 4.69) is 0 Å². The van der Waals surface area contributed by atoms with Gasteiger partial charge in [0.2, 0.25) is 0 Å². The number of ether oxygens (including phenoxy) is 2. The van der Waals surface area contributed by atoms with Crippen LogP contribution in [0, 0.1) is 0 Å². The Labute approximate surface area is 200 Å². The molecular weight excluding hydrogens is 460 g/mol. The van der Waals surface area contributed by atoms with E-state index in [1.54, 1.807) is 12.1 Å². The number of aliphatic hydroxyl groups is 2. The zero-order chi connectivity index (χ0) is 25.6. The zero-order valence-electron chi connectivity index (χ0n) is 18.4. The van der Waals surface area contributed by atoms with E-state index in [9.17, 15) is 39.9 Å². The molecule has 0 radical (unpaired) electrons. The van der Waals surface area contributed by atoms with Crippen LogP contribution in [0.25, 0.3) is 12.2 Å². The van der Waals surface area contributed by atoms with E-state index in [4.69, 9.17) is 9.47 Å². The summed E-state index contributed by atoms with van der Waals surface area (Å²) in [4.78, 5) is 36.2. The molecule has 4 unspecified atom stereocenters. The molecule has 3 rings (SSSR count). The average Bonchev–Trinajstić information content (AvgIpc) is 2.80. The smallest absolute Gasteiger partial charge is 0.335 e. The molecule has 4 atom stereocenters. The summed E-state index contributed by atoms with van der Waals surface area (Å²) >= 11 is 0. The minimum atomic E-state index is -2.39. The Hall–Kier alpha value is -4.15. The molecule has 0 saturated heterocycles. The number of phenols is 2. The quantitative estimate of drug-likeness (QED) is 0.287. The first kappa shape index (κ1) is 25.5. The number of aliphatic carboxylic acids is 1. The van der Waals surface area contributed by atoms with Gasteiger partial charge in [-0.05, 0) is 47.5 Å². The van der Waals surface area contributed by atoms with Crippen LogP contribution in [0.4, 0.5) is 0 Å². The van der Waals surface area contributed by atoms with Crippen molar-refractivity contribution >= 4 is 30.1 Å². The largest absolute Gasteiger partial charge is 0.508 e. The second-order valence-electron chi connectivity index (χ2n) is 8.04. The Bertz CT molecular complexity index is 1120. The number of benzene rings is 2. The van der Waals surface area contributed by atoms with Gasteiger partial charge in [-0.15, -0.1) is 0 Å². The van der Waals surface area contributed by atoms with Gasteiger partial charge in [0.15, 0.2) is 11.7 Å². The van der Waals surface area contributed by atoms with Crippen LogP contribution in [0.15, 0.2) is 60.7 Å². The molecule has 0 aliphatic heterocycles. The third-order valence-corrected chi connectivity index (χ3v) is 5.36. The number of hydrogen-bond acceptors (Lipinski definition) is 9. The van der Waals surface area contributed by atoms with Gasteiger partial charge in [-0.3, -0.25) is 0 Å². The molecular formula is C25H24O10. The highest BCUT2D eigenvalue weighted by Gasteiger charge is 2.52. The molecule has 2 aromatic rings. The highest BCUT2D eigenvalue weighted by Crippen LogP contribution is 2.33. The fourth-order valence-corrected chi connectivity index (χ4v) is 3.54. The molecule has 5 N–H and O–H groups in total. The third kappa shape index (κ3) is 6.92. The third-order valence-electron chi connectivity index (χ3n) is 5.36. The van der Waals surface area contributed by atoms with Crippen molar-refractivity contribution < 1.29 is 49.4 Å². The van der Waals surface area contributed by atoms with E-state index >= 15 is 0 Å². The first-order valence-electron chi connectivity index (χ1n) is 10.5. The van der Waals surface area contributed by atoms with Crippen LogP contribution in [0.3, 0.4) is 0 Å². The van der Waals surface area contributed by atoms with Crippen LogP contribution in [0.1, 0.15) is 24.0 Å². The Kier molecular flexibility index (Phi) is 7.90. The topological polar surface area (TPSA) is 171 Å². The molecule has 0 amide bonds. The van der Waals surface area contributed by atoms with Gasteiger partial charge in [-0.1, -0.05) is 24.3 Å². The minimum absolute atomic E-state index is 0.0398. The Morgan fingerprint density at radius 1 is 0.800 bits per heavy atom. The summed E-state index contributed by atoms with van der Waals surface area (Å²) in [6.07, 6.45) is -0.901. The maximum absolute atomic E-state index is 12.4. The van der Waals surface area contributed by atoms with Crippen molar-refractivity contribution in [3.05, 3.63) is 71.8 Å². The number of aromatic hydroxyl groups is 2. The highest BCUT2D eigenvalue weighted by molar-refractivity contribution is 5.88. The molecule has 2 aromatic carbocycles. The van der Waals surface area contributed by atoms with Crippen LogP contribution in [-0.2, 0) is 23.9 Å². The summed E-state index contributed by atoms with van der Waals surface area (Å²) in [7, 11) is 0. The normalized spacial score (nSPS) is 24.3. The van der Waals surface area contributed by atoms with Crippen molar-refractivity contribution in [2.24, 2.45) is 0 Å². The van der Waals surface area contributed by atoms with Crippen molar-refractivity contribution in [1.29, 1.82) is 0 Å². The molecule has 35 heavy (non-hydrogen) atoms.